The van der Waals surface area contributed by atoms with Gasteiger partial charge in [-0.1, -0.05) is 168 Å². The summed E-state index contributed by atoms with van der Waals surface area (Å²) < 4.78 is 0. The summed E-state index contributed by atoms with van der Waals surface area (Å²) >= 11 is 0. The van der Waals surface area contributed by atoms with Crippen LogP contribution in [0, 0.1) is 11.8 Å². The second-order valence-electron chi connectivity index (χ2n) is 14.7. The van der Waals surface area contributed by atoms with E-state index in [1.165, 1.54) is 72.4 Å². The van der Waals surface area contributed by atoms with E-state index in [0.717, 1.165) is 25.7 Å². The number of para-hydroxylation sites is 3. The van der Waals surface area contributed by atoms with Crippen molar-refractivity contribution < 1.29 is 0 Å². The number of aryl methyl sites for hydroxylation is 1. The Kier molecular flexibility index (Phi) is 15.9. The largest absolute Gasteiger partial charge is 0.317 e. The van der Waals surface area contributed by atoms with Gasteiger partial charge >= 0.3 is 0 Å². The number of hydrogen-bond donors (Lipinski definition) is 0. The Morgan fingerprint density at radius 2 is 1.16 bits per heavy atom. The van der Waals surface area contributed by atoms with E-state index in [0.29, 0.717) is 0 Å². The predicted octanol–water partition coefficient (Wildman–Crippen LogP) is 14.8. The van der Waals surface area contributed by atoms with E-state index >= 15 is 0 Å². The maximum Gasteiger partial charge on any atom is 0.0470 e. The molecule has 0 spiro atoms. The lowest BCUT2D eigenvalue weighted by atomic mass is 9.71. The van der Waals surface area contributed by atoms with Crippen molar-refractivity contribution in [2.75, 3.05) is 9.80 Å². The summed E-state index contributed by atoms with van der Waals surface area (Å²) in [6.45, 7) is 21.5. The van der Waals surface area contributed by atoms with E-state index < -0.39 is 0 Å². The highest BCUT2D eigenvalue weighted by atomic mass is 15.2. The average Bonchev–Trinajstić information content (AvgIpc) is 3.64. The van der Waals surface area contributed by atoms with Crippen molar-refractivity contribution in [2.45, 2.75) is 94.9 Å². The van der Waals surface area contributed by atoms with Crippen LogP contribution in [-0.4, -0.2) is 0 Å². The summed E-state index contributed by atoms with van der Waals surface area (Å²) in [7, 11) is 0. The normalized spacial score (nSPS) is 18.8. The molecule has 58 heavy (non-hydrogen) atoms. The van der Waals surface area contributed by atoms with Crippen molar-refractivity contribution >= 4 is 34.4 Å². The minimum atomic E-state index is 0.249. The van der Waals surface area contributed by atoms with Crippen LogP contribution in [-0.2, 0) is 6.42 Å². The van der Waals surface area contributed by atoms with Gasteiger partial charge in [-0.2, -0.15) is 0 Å². The first kappa shape index (κ1) is 43.5. The molecule has 0 saturated carbocycles. The molecule has 4 aliphatic carbocycles. The fraction of sp³-hybridized carbons (Fsp3) is 0.286. The molecule has 0 heterocycles. The second-order valence-corrected chi connectivity index (χ2v) is 14.7. The Hall–Kier alpha value is -5.60. The molecule has 0 fully saturated rings. The third-order valence-electron chi connectivity index (χ3n) is 11.2. The van der Waals surface area contributed by atoms with Gasteiger partial charge in [0.1, 0.15) is 0 Å². The second kappa shape index (κ2) is 21.2. The average molecular weight is 767 g/mol. The molecule has 2 unspecified atom stereocenters. The first-order chi connectivity index (χ1) is 28.5. The molecule has 0 radical (unpaired) electrons. The Bertz CT molecular complexity index is 2290. The number of allylic oxidation sites excluding steroid dienone is 13. The van der Waals surface area contributed by atoms with Crippen molar-refractivity contribution in [1.29, 1.82) is 0 Å². The van der Waals surface area contributed by atoms with E-state index in [1.54, 1.807) is 5.57 Å². The van der Waals surface area contributed by atoms with E-state index in [1.807, 2.05) is 41.5 Å². The molecule has 0 amide bonds. The van der Waals surface area contributed by atoms with Crippen LogP contribution in [0.15, 0.2) is 185 Å². The van der Waals surface area contributed by atoms with Gasteiger partial charge in [0.2, 0.25) is 0 Å². The van der Waals surface area contributed by atoms with Crippen molar-refractivity contribution in [1.82, 2.24) is 0 Å². The first-order valence-corrected chi connectivity index (χ1v) is 21.9. The number of anilines is 4. The molecule has 2 heteroatoms. The predicted molar refractivity (Wildman–Crippen MR) is 256 cm³/mol. The quantitative estimate of drug-likeness (QED) is 0.193. The molecule has 2 bridgehead atoms. The number of hydrogen-bond acceptors (Lipinski definition) is 2. The molecule has 2 nitrogen and oxygen atoms in total. The van der Waals surface area contributed by atoms with Crippen LogP contribution in [0.3, 0.4) is 0 Å². The van der Waals surface area contributed by atoms with Crippen molar-refractivity contribution in [3.8, 4) is 0 Å². The maximum absolute atomic E-state index is 2.55. The fourth-order valence-electron chi connectivity index (χ4n) is 8.68. The smallest absolute Gasteiger partial charge is 0.0470 e. The lowest BCUT2D eigenvalue weighted by molar-refractivity contribution is 0.531. The molecule has 0 aliphatic heterocycles. The molecular formula is C56H66N2. The molecule has 4 aromatic carbocycles. The molecule has 4 aromatic rings. The lowest BCUT2D eigenvalue weighted by Gasteiger charge is -2.41. The molecule has 0 N–H and O–H groups in total. The zero-order valence-corrected chi connectivity index (χ0v) is 36.9. The van der Waals surface area contributed by atoms with Gasteiger partial charge < -0.3 is 9.80 Å². The molecular weight excluding hydrogens is 701 g/mol. The Morgan fingerprint density at radius 1 is 0.569 bits per heavy atom. The number of benzene rings is 4. The zero-order chi connectivity index (χ0) is 41.6. The van der Waals surface area contributed by atoms with Crippen LogP contribution >= 0.6 is 0 Å². The monoisotopic (exact) mass is 767 g/mol. The summed E-state index contributed by atoms with van der Waals surface area (Å²) in [5.74, 6) is 0.501. The molecule has 2 atom stereocenters. The van der Waals surface area contributed by atoms with Gasteiger partial charge in [0.15, 0.2) is 0 Å². The minimum absolute atomic E-state index is 0.249. The van der Waals surface area contributed by atoms with Gasteiger partial charge in [-0.25, -0.2) is 0 Å². The summed E-state index contributed by atoms with van der Waals surface area (Å²) in [6.07, 6.45) is 24.8. The number of nitrogens with zero attached hydrogens (tertiary/aromatic N) is 2. The maximum atomic E-state index is 2.55. The summed E-state index contributed by atoms with van der Waals surface area (Å²) in [5.41, 5.74) is 16.0. The van der Waals surface area contributed by atoms with Crippen molar-refractivity contribution in [3.63, 3.8) is 0 Å². The highest BCUT2D eigenvalue weighted by Gasteiger charge is 2.35. The summed E-state index contributed by atoms with van der Waals surface area (Å²) in [5, 5.41) is 2.78. The van der Waals surface area contributed by atoms with Gasteiger partial charge in [0, 0.05) is 52.4 Å². The summed E-state index contributed by atoms with van der Waals surface area (Å²) in [4.78, 5) is 4.97. The first-order valence-electron chi connectivity index (χ1n) is 21.9. The van der Waals surface area contributed by atoms with Crippen LogP contribution in [0.4, 0.5) is 22.7 Å². The standard InChI is InChI=1S/C50H48N2.3C2H6/c1-35-26-28-39-32-46(51(42-18-12-7-13-19-42)43-20-14-8-15-21-43)33-41-31-36(2)27-29-47(50(39)41)49-37(3)40(30-35)34-48(38(49)4)52(45-24-16-9-17-25-45)44-22-10-5-6-11-23-44;3*1-2/h5-22,24-25,27,30-34,38,49H,23,26,28-29H2,1-4H3;3*1-2H3/b35-30-;;;. The molecule has 0 aromatic heterocycles. The Balaban J connectivity index is 0.00000102. The number of rotatable bonds is 6. The van der Waals surface area contributed by atoms with Crippen LogP contribution in [0.2, 0.25) is 0 Å². The highest BCUT2D eigenvalue weighted by Crippen LogP contribution is 2.46. The minimum Gasteiger partial charge on any atom is -0.317 e. The van der Waals surface area contributed by atoms with Crippen LogP contribution < -0.4 is 20.2 Å². The fourth-order valence-corrected chi connectivity index (χ4v) is 8.68. The molecule has 300 valence electrons. The van der Waals surface area contributed by atoms with E-state index in [4.69, 9.17) is 0 Å². The number of fused-ring (bicyclic) bond motifs is 2. The third-order valence-corrected chi connectivity index (χ3v) is 11.2. The Labute approximate surface area is 351 Å². The van der Waals surface area contributed by atoms with Crippen LogP contribution in [0.1, 0.15) is 94.1 Å². The van der Waals surface area contributed by atoms with Crippen LogP contribution in [0.5, 0.6) is 0 Å². The molecule has 8 rings (SSSR count). The van der Waals surface area contributed by atoms with Crippen LogP contribution in [0.25, 0.3) is 11.6 Å². The summed E-state index contributed by atoms with van der Waals surface area (Å²) in [6, 6.07) is 37.5. The van der Waals surface area contributed by atoms with Crippen molar-refractivity contribution in [2.24, 2.45) is 11.8 Å². The van der Waals surface area contributed by atoms with E-state index in [9.17, 15) is 0 Å². The van der Waals surface area contributed by atoms with Crippen molar-refractivity contribution in [3.05, 3.63) is 201 Å². The van der Waals surface area contributed by atoms with E-state index in [-0.39, 0.29) is 11.8 Å². The van der Waals surface area contributed by atoms with Gasteiger partial charge in [-0.15, -0.1) is 0 Å². The van der Waals surface area contributed by atoms with Gasteiger partial charge in [0.05, 0.1) is 0 Å². The lowest BCUT2D eigenvalue weighted by Crippen LogP contribution is -2.38. The van der Waals surface area contributed by atoms with E-state index in [2.05, 4.69) is 195 Å². The molecule has 0 saturated heterocycles. The Morgan fingerprint density at radius 3 is 1.76 bits per heavy atom. The zero-order valence-electron chi connectivity index (χ0n) is 36.9. The van der Waals surface area contributed by atoms with Gasteiger partial charge in [0.25, 0.3) is 0 Å². The topological polar surface area (TPSA) is 6.48 Å². The highest BCUT2D eigenvalue weighted by molar-refractivity contribution is 5.78. The third kappa shape index (κ3) is 9.56. The SMILES string of the molecule is CC.CC.CC.CC1=CCC2=c3c(cc(N(c4ccccc4)c4ccccc4)cc3=C1)CC/C(C)=C\C1=C(C)C2C(C)C(N(C2=CC=CC=CC2)c2ccccc2)=C1. The van der Waals surface area contributed by atoms with Gasteiger partial charge in [-0.3, -0.25) is 0 Å². The van der Waals surface area contributed by atoms with Gasteiger partial charge in [-0.05, 0) is 122 Å². The molecule has 4 aliphatic rings.